The van der Waals surface area contributed by atoms with Crippen molar-refractivity contribution >= 4 is 29.9 Å². The summed E-state index contributed by atoms with van der Waals surface area (Å²) < 4.78 is 0. The minimum Gasteiger partial charge on any atom is -0.337 e. The molecule has 1 aromatic carbocycles. The fourth-order valence-corrected chi connectivity index (χ4v) is 2.67. The summed E-state index contributed by atoms with van der Waals surface area (Å²) in [4.78, 5) is 25.4. The highest BCUT2D eigenvalue weighted by Crippen LogP contribution is 2.24. The number of carbonyl (C=O) groups excluding carboxylic acids is 2. The number of likely N-dealkylation sites (tertiary alicyclic amines) is 1. The fourth-order valence-electron chi connectivity index (χ4n) is 2.67. The van der Waals surface area contributed by atoms with Crippen LogP contribution in [0, 0.1) is 0 Å². The van der Waals surface area contributed by atoms with Crippen LogP contribution in [0.2, 0.25) is 0 Å². The molecule has 0 unspecified atom stereocenters. The molecule has 1 atom stereocenters. The van der Waals surface area contributed by atoms with Gasteiger partial charge in [-0.25, -0.2) is 0 Å². The van der Waals surface area contributed by atoms with Gasteiger partial charge in [0.25, 0.3) is 5.91 Å². The van der Waals surface area contributed by atoms with Gasteiger partial charge in [0.05, 0.1) is 0 Å². The van der Waals surface area contributed by atoms with Gasteiger partial charge in [-0.1, -0.05) is 0 Å². The first-order valence-corrected chi connectivity index (χ1v) is 6.61. The van der Waals surface area contributed by atoms with Gasteiger partial charge in [0.1, 0.15) is 0 Å². The highest BCUT2D eigenvalue weighted by atomic mass is 35.5. The summed E-state index contributed by atoms with van der Waals surface area (Å²) in [6, 6.07) is 5.58. The maximum atomic E-state index is 12.3. The van der Waals surface area contributed by atoms with Gasteiger partial charge in [-0.05, 0) is 36.6 Å². The predicted octanol–water partition coefficient (Wildman–Crippen LogP) is 1.17. The van der Waals surface area contributed by atoms with Crippen molar-refractivity contribution in [2.24, 2.45) is 5.73 Å². The molecule has 0 bridgehead atoms. The van der Waals surface area contributed by atoms with Crippen LogP contribution >= 0.6 is 12.4 Å². The highest BCUT2D eigenvalue weighted by molar-refractivity contribution is 5.98. The second kappa shape index (κ2) is 5.81. The van der Waals surface area contributed by atoms with E-state index in [9.17, 15) is 9.59 Å². The Morgan fingerprint density at radius 2 is 2.15 bits per heavy atom. The number of anilines is 1. The first kappa shape index (κ1) is 14.8. The van der Waals surface area contributed by atoms with E-state index in [1.165, 1.54) is 0 Å². The maximum absolute atomic E-state index is 12.3. The number of amides is 2. The van der Waals surface area contributed by atoms with E-state index in [4.69, 9.17) is 5.73 Å². The number of nitrogens with zero attached hydrogens (tertiary/aromatic N) is 1. The molecule has 3 N–H and O–H groups in total. The molecule has 3 rings (SSSR count). The number of fused-ring (bicyclic) bond motifs is 1. The van der Waals surface area contributed by atoms with E-state index in [1.54, 1.807) is 11.0 Å². The largest absolute Gasteiger partial charge is 0.337 e. The lowest BCUT2D eigenvalue weighted by molar-refractivity contribution is -0.116. The van der Waals surface area contributed by atoms with E-state index in [0.717, 1.165) is 24.2 Å². The van der Waals surface area contributed by atoms with Gasteiger partial charge < -0.3 is 16.0 Å². The molecule has 1 aromatic rings. The molecule has 5 nitrogen and oxygen atoms in total. The maximum Gasteiger partial charge on any atom is 0.253 e. The molecule has 0 saturated carbocycles. The summed E-state index contributed by atoms with van der Waals surface area (Å²) in [6.07, 6.45) is 2.05. The van der Waals surface area contributed by atoms with Gasteiger partial charge in [0, 0.05) is 36.8 Å². The van der Waals surface area contributed by atoms with Crippen LogP contribution in [-0.2, 0) is 11.2 Å². The molecule has 2 amide bonds. The van der Waals surface area contributed by atoms with Gasteiger partial charge in [0.2, 0.25) is 5.91 Å². The van der Waals surface area contributed by atoms with E-state index < -0.39 is 0 Å². The first-order chi connectivity index (χ1) is 9.13. The van der Waals surface area contributed by atoms with Crippen LogP contribution in [0.3, 0.4) is 0 Å². The molecular formula is C14H18ClN3O2. The Kier molecular flexibility index (Phi) is 4.30. The monoisotopic (exact) mass is 295 g/mol. The molecule has 2 aliphatic rings. The molecule has 0 radical (unpaired) electrons. The predicted molar refractivity (Wildman–Crippen MR) is 79.1 cm³/mol. The molecule has 0 aliphatic carbocycles. The number of nitrogens with one attached hydrogen (secondary N) is 1. The van der Waals surface area contributed by atoms with E-state index in [-0.39, 0.29) is 30.3 Å². The van der Waals surface area contributed by atoms with Crippen LogP contribution < -0.4 is 11.1 Å². The molecule has 1 saturated heterocycles. The first-order valence-electron chi connectivity index (χ1n) is 6.61. The van der Waals surface area contributed by atoms with Crippen molar-refractivity contribution in [3.05, 3.63) is 29.3 Å². The third-order valence-corrected chi connectivity index (χ3v) is 3.76. The Morgan fingerprint density at radius 1 is 1.35 bits per heavy atom. The Morgan fingerprint density at radius 3 is 2.85 bits per heavy atom. The number of hydrogen-bond donors (Lipinski definition) is 2. The number of aryl methyl sites for hydroxylation is 1. The summed E-state index contributed by atoms with van der Waals surface area (Å²) in [5, 5.41) is 2.82. The summed E-state index contributed by atoms with van der Waals surface area (Å²) in [7, 11) is 0. The van der Waals surface area contributed by atoms with E-state index >= 15 is 0 Å². The van der Waals surface area contributed by atoms with Crippen LogP contribution in [0.25, 0.3) is 0 Å². The zero-order valence-electron chi connectivity index (χ0n) is 11.1. The summed E-state index contributed by atoms with van der Waals surface area (Å²) >= 11 is 0. The third kappa shape index (κ3) is 2.78. The minimum atomic E-state index is 0. The Hall–Kier alpha value is -1.59. The molecular weight excluding hydrogens is 278 g/mol. The summed E-state index contributed by atoms with van der Waals surface area (Å²) in [5.41, 5.74) is 8.37. The van der Waals surface area contributed by atoms with Crippen LogP contribution in [0.15, 0.2) is 18.2 Å². The molecule has 108 valence electrons. The second-order valence-electron chi connectivity index (χ2n) is 5.22. The lowest BCUT2D eigenvalue weighted by Crippen LogP contribution is -2.32. The molecule has 1 fully saturated rings. The van der Waals surface area contributed by atoms with Crippen molar-refractivity contribution in [2.75, 3.05) is 18.4 Å². The number of halogens is 1. The number of benzene rings is 1. The molecule has 6 heteroatoms. The zero-order valence-corrected chi connectivity index (χ0v) is 11.9. The standard InChI is InChI=1S/C14H17N3O2.ClH/c15-11-5-6-17(8-11)14(19)10-1-3-12-9(7-10)2-4-13(18)16-12;/h1,3,7,11H,2,4-6,8,15H2,(H,16,18);1H/t11-;/m0./s1. The molecule has 0 spiro atoms. The van der Waals surface area contributed by atoms with Gasteiger partial charge in [-0.15, -0.1) is 12.4 Å². The quantitative estimate of drug-likeness (QED) is 0.816. The Bertz CT molecular complexity index is 547. The topological polar surface area (TPSA) is 75.4 Å². The van der Waals surface area contributed by atoms with Crippen LogP contribution in [0.5, 0.6) is 0 Å². The smallest absolute Gasteiger partial charge is 0.253 e. The van der Waals surface area contributed by atoms with Crippen molar-refractivity contribution in [3.63, 3.8) is 0 Å². The number of carbonyl (C=O) groups is 2. The fraction of sp³-hybridized carbons (Fsp3) is 0.429. The Balaban J connectivity index is 0.00000147. The second-order valence-corrected chi connectivity index (χ2v) is 5.22. The van der Waals surface area contributed by atoms with E-state index in [2.05, 4.69) is 5.32 Å². The van der Waals surface area contributed by atoms with Crippen LogP contribution in [0.1, 0.15) is 28.8 Å². The van der Waals surface area contributed by atoms with E-state index in [1.807, 2.05) is 12.1 Å². The Labute approximate surface area is 123 Å². The summed E-state index contributed by atoms with van der Waals surface area (Å²) in [5.74, 6) is 0.0738. The van der Waals surface area contributed by atoms with Crippen LogP contribution in [-0.4, -0.2) is 35.8 Å². The van der Waals surface area contributed by atoms with Crippen molar-refractivity contribution in [3.8, 4) is 0 Å². The normalized spacial score (nSPS) is 20.9. The van der Waals surface area contributed by atoms with Crippen LogP contribution in [0.4, 0.5) is 5.69 Å². The number of nitrogens with two attached hydrogens (primary N) is 1. The molecule has 20 heavy (non-hydrogen) atoms. The van der Waals surface area contributed by atoms with Gasteiger partial charge in [0.15, 0.2) is 0 Å². The summed E-state index contributed by atoms with van der Waals surface area (Å²) in [6.45, 7) is 1.36. The minimum absolute atomic E-state index is 0. The van der Waals surface area contributed by atoms with Gasteiger partial charge in [-0.3, -0.25) is 9.59 Å². The third-order valence-electron chi connectivity index (χ3n) is 3.76. The van der Waals surface area contributed by atoms with Gasteiger partial charge >= 0.3 is 0 Å². The molecule has 0 aromatic heterocycles. The lowest BCUT2D eigenvalue weighted by atomic mass is 10.00. The molecule has 2 heterocycles. The molecule has 2 aliphatic heterocycles. The van der Waals surface area contributed by atoms with Crippen molar-refractivity contribution in [1.82, 2.24) is 4.90 Å². The van der Waals surface area contributed by atoms with Crippen molar-refractivity contribution in [1.29, 1.82) is 0 Å². The highest BCUT2D eigenvalue weighted by Gasteiger charge is 2.25. The number of rotatable bonds is 1. The lowest BCUT2D eigenvalue weighted by Gasteiger charge is -2.20. The van der Waals surface area contributed by atoms with Crippen molar-refractivity contribution in [2.45, 2.75) is 25.3 Å². The van der Waals surface area contributed by atoms with E-state index in [0.29, 0.717) is 24.9 Å². The SMILES string of the molecule is Cl.N[C@H]1CCN(C(=O)c2ccc3c(c2)CCC(=O)N3)C1. The zero-order chi connectivity index (χ0) is 13.4. The average molecular weight is 296 g/mol. The average Bonchev–Trinajstić information content (AvgIpc) is 2.84. The van der Waals surface area contributed by atoms with Gasteiger partial charge in [-0.2, -0.15) is 0 Å². The number of hydrogen-bond acceptors (Lipinski definition) is 3. The van der Waals surface area contributed by atoms with Crippen molar-refractivity contribution < 1.29 is 9.59 Å².